The number of aromatic nitrogens is 1. The van der Waals surface area contributed by atoms with Crippen LogP contribution in [0.5, 0.6) is 17.2 Å². The molecule has 0 N–H and O–H groups in total. The quantitative estimate of drug-likeness (QED) is 0.0618. The topological polar surface area (TPSA) is 114 Å². The van der Waals surface area contributed by atoms with Crippen LogP contribution in [0, 0.1) is 11.1 Å². The lowest BCUT2D eigenvalue weighted by Crippen LogP contribution is -2.53. The average molecular weight is 813 g/mol. The van der Waals surface area contributed by atoms with Gasteiger partial charge in [0.2, 0.25) is 0 Å². The summed E-state index contributed by atoms with van der Waals surface area (Å²) < 4.78 is 29.7. The summed E-state index contributed by atoms with van der Waals surface area (Å²) >= 11 is 12.8. The summed E-state index contributed by atoms with van der Waals surface area (Å²) in [5.41, 5.74) is 3.85. The SMILES string of the molecule is COc1ccc(C(Cc2c(Cl)c[n+]([O-])cc2Cl)OC(=O)c2ccc(COc3cccc(CN(C(=O)O[C@H]4CN5CCC4CC5)c4ccccc4)c3)cc2)cc1OC. The fourth-order valence-corrected chi connectivity index (χ4v) is 7.91. The molecule has 11 nitrogen and oxygen atoms in total. The molecule has 1 unspecified atom stereocenters. The monoisotopic (exact) mass is 811 g/mol. The Hall–Kier alpha value is -5.49. The van der Waals surface area contributed by atoms with Gasteiger partial charge in [-0.15, -0.1) is 0 Å². The number of nitrogens with zero attached hydrogens (tertiary/aromatic N) is 3. The number of rotatable bonds is 14. The van der Waals surface area contributed by atoms with Gasteiger partial charge >= 0.3 is 12.1 Å². The van der Waals surface area contributed by atoms with Crippen molar-refractivity contribution in [2.75, 3.05) is 38.8 Å². The van der Waals surface area contributed by atoms with E-state index in [0.29, 0.717) is 51.1 Å². The smallest absolute Gasteiger partial charge is 0.414 e. The molecule has 2 atom stereocenters. The molecule has 0 saturated carbocycles. The molecule has 3 saturated heterocycles. The summed E-state index contributed by atoms with van der Waals surface area (Å²) in [7, 11) is 3.04. The first kappa shape index (κ1) is 39.7. The third kappa shape index (κ3) is 9.73. The van der Waals surface area contributed by atoms with Crippen LogP contribution < -0.4 is 23.8 Å². The van der Waals surface area contributed by atoms with E-state index in [0.717, 1.165) is 49.3 Å². The number of hydrogen-bond acceptors (Lipinski definition) is 9. The summed E-state index contributed by atoms with van der Waals surface area (Å²) in [4.78, 5) is 31.3. The lowest BCUT2D eigenvalue weighted by Gasteiger charge is -2.44. The van der Waals surface area contributed by atoms with Crippen LogP contribution in [0.3, 0.4) is 0 Å². The highest BCUT2D eigenvalue weighted by Gasteiger charge is 2.37. The van der Waals surface area contributed by atoms with Crippen molar-refractivity contribution >= 4 is 41.0 Å². The predicted molar refractivity (Wildman–Crippen MR) is 216 cm³/mol. The van der Waals surface area contributed by atoms with Crippen molar-refractivity contribution in [3.63, 3.8) is 0 Å². The second-order valence-corrected chi connectivity index (χ2v) is 14.9. The van der Waals surface area contributed by atoms with Gasteiger partial charge in [-0.25, -0.2) is 9.59 Å². The van der Waals surface area contributed by atoms with E-state index in [1.165, 1.54) is 26.6 Å². The number of carbonyl (C=O) groups excluding carboxylic acids is 2. The first-order valence-electron chi connectivity index (χ1n) is 18.7. The maximum atomic E-state index is 13.7. The molecule has 2 bridgehead atoms. The van der Waals surface area contributed by atoms with Gasteiger partial charge in [0, 0.05) is 24.2 Å². The number of halogens is 2. The zero-order chi connectivity index (χ0) is 39.9. The fourth-order valence-electron chi connectivity index (χ4n) is 7.32. The number of pyridine rings is 1. The molecule has 13 heteroatoms. The van der Waals surface area contributed by atoms with Crippen molar-refractivity contribution < 1.29 is 38.0 Å². The van der Waals surface area contributed by atoms with Crippen LogP contribution in [0.15, 0.2) is 109 Å². The Morgan fingerprint density at radius 1 is 0.860 bits per heavy atom. The first-order valence-corrected chi connectivity index (χ1v) is 19.5. The number of piperidine rings is 3. The highest BCUT2D eigenvalue weighted by molar-refractivity contribution is 6.35. The number of para-hydroxylation sites is 1. The molecular weight excluding hydrogens is 769 g/mol. The van der Waals surface area contributed by atoms with Gasteiger partial charge in [0.1, 0.15) is 34.6 Å². The van der Waals surface area contributed by atoms with E-state index >= 15 is 0 Å². The number of carbonyl (C=O) groups is 2. The Labute approximate surface area is 341 Å². The molecule has 57 heavy (non-hydrogen) atoms. The van der Waals surface area contributed by atoms with Crippen molar-refractivity contribution in [3.05, 3.63) is 153 Å². The number of amides is 1. The highest BCUT2D eigenvalue weighted by atomic mass is 35.5. The van der Waals surface area contributed by atoms with Crippen molar-refractivity contribution in [1.29, 1.82) is 0 Å². The zero-order valence-corrected chi connectivity index (χ0v) is 33.2. The van der Waals surface area contributed by atoms with Gasteiger partial charge in [0.05, 0.1) is 26.3 Å². The Morgan fingerprint density at radius 2 is 1.58 bits per heavy atom. The Balaban J connectivity index is 1.01. The van der Waals surface area contributed by atoms with Gasteiger partial charge in [0.25, 0.3) is 0 Å². The molecular formula is C44H43Cl2N3O8. The van der Waals surface area contributed by atoms with Gasteiger partial charge in [-0.05, 0) is 97.1 Å². The molecule has 4 heterocycles. The third-order valence-corrected chi connectivity index (χ3v) is 11.1. The van der Waals surface area contributed by atoms with Crippen LogP contribution in [-0.2, 0) is 29.0 Å². The van der Waals surface area contributed by atoms with E-state index in [1.54, 1.807) is 47.4 Å². The Bertz CT molecular complexity index is 2160. The van der Waals surface area contributed by atoms with Crippen LogP contribution in [0.2, 0.25) is 10.0 Å². The maximum Gasteiger partial charge on any atom is 0.414 e. The molecule has 0 radical (unpaired) electrons. The molecule has 8 rings (SSSR count). The Morgan fingerprint density at radius 3 is 2.25 bits per heavy atom. The van der Waals surface area contributed by atoms with E-state index in [4.69, 9.17) is 46.9 Å². The van der Waals surface area contributed by atoms with Crippen LogP contribution in [0.1, 0.15) is 51.6 Å². The second-order valence-electron chi connectivity index (χ2n) is 14.1. The summed E-state index contributed by atoms with van der Waals surface area (Å²) in [6.45, 7) is 3.47. The van der Waals surface area contributed by atoms with Crippen LogP contribution in [-0.4, -0.2) is 56.9 Å². The van der Waals surface area contributed by atoms with Gasteiger partial charge in [0.15, 0.2) is 23.9 Å². The molecule has 296 valence electrons. The predicted octanol–water partition coefficient (Wildman–Crippen LogP) is 8.60. The largest absolute Gasteiger partial charge is 0.619 e. The third-order valence-electron chi connectivity index (χ3n) is 10.4. The second kappa shape index (κ2) is 18.2. The van der Waals surface area contributed by atoms with Crippen LogP contribution >= 0.6 is 23.2 Å². The molecule has 5 aromatic rings. The van der Waals surface area contributed by atoms with Crippen molar-refractivity contribution in [2.24, 2.45) is 5.92 Å². The summed E-state index contributed by atoms with van der Waals surface area (Å²) in [5.74, 6) is 1.42. The molecule has 0 spiro atoms. The standard InChI is InChI=1S/C44H43Cl2N3O8/c1-53-39-16-15-33(22-41(39)54-2)40(23-36-37(45)25-48(52)26-38(36)46)56-43(50)32-13-11-29(12-14-32)28-55-35-10-6-7-30(21-35)24-49(34-8-4-3-5-9-34)44(51)57-42-27-47-19-17-31(42)18-20-47/h3-16,21-22,25-26,31,40,42H,17-20,23-24,27-28H2,1-2H3/t40?,42-/m0/s1. The van der Waals surface area contributed by atoms with Gasteiger partial charge in [-0.2, -0.15) is 4.73 Å². The van der Waals surface area contributed by atoms with Crippen molar-refractivity contribution in [3.8, 4) is 17.2 Å². The average Bonchev–Trinajstić information content (AvgIpc) is 3.23. The van der Waals surface area contributed by atoms with Crippen LogP contribution in [0.4, 0.5) is 10.5 Å². The van der Waals surface area contributed by atoms with Crippen molar-refractivity contribution in [2.45, 2.75) is 44.6 Å². The number of fused-ring (bicyclic) bond motifs is 3. The highest BCUT2D eigenvalue weighted by Crippen LogP contribution is 2.36. The number of esters is 1. The summed E-state index contributed by atoms with van der Waals surface area (Å²) in [6.07, 6.45) is 3.30. The minimum atomic E-state index is -0.842. The zero-order valence-electron chi connectivity index (χ0n) is 31.6. The van der Waals surface area contributed by atoms with E-state index in [1.807, 2.05) is 54.6 Å². The fraction of sp³-hybridized carbons (Fsp3) is 0.295. The van der Waals surface area contributed by atoms with Gasteiger partial charge < -0.3 is 28.9 Å². The normalized spacial score (nSPS) is 17.6. The molecule has 3 fully saturated rings. The molecule has 4 aromatic carbocycles. The maximum absolute atomic E-state index is 13.7. The van der Waals surface area contributed by atoms with E-state index in [2.05, 4.69) is 4.90 Å². The number of methoxy groups -OCH3 is 2. The number of anilines is 1. The van der Waals surface area contributed by atoms with Gasteiger partial charge in [-0.3, -0.25) is 9.80 Å². The lowest BCUT2D eigenvalue weighted by atomic mass is 9.86. The van der Waals surface area contributed by atoms with E-state index in [-0.39, 0.29) is 35.3 Å². The minimum Gasteiger partial charge on any atom is -0.619 e. The minimum absolute atomic E-state index is 0.0920. The van der Waals surface area contributed by atoms with E-state index < -0.39 is 12.1 Å². The molecule has 3 aliphatic heterocycles. The lowest BCUT2D eigenvalue weighted by molar-refractivity contribution is -0.605. The summed E-state index contributed by atoms with van der Waals surface area (Å²) in [5, 5.41) is 12.2. The molecule has 1 amide bonds. The number of ether oxygens (including phenoxy) is 5. The molecule has 0 aliphatic carbocycles. The Kier molecular flexibility index (Phi) is 12.7. The number of hydrogen-bond donors (Lipinski definition) is 0. The summed E-state index contributed by atoms with van der Waals surface area (Å²) in [6, 6.07) is 29.3. The molecule has 1 aromatic heterocycles. The van der Waals surface area contributed by atoms with Crippen LogP contribution in [0.25, 0.3) is 0 Å². The van der Waals surface area contributed by atoms with E-state index in [9.17, 15) is 14.8 Å². The van der Waals surface area contributed by atoms with Gasteiger partial charge in [-0.1, -0.05) is 71.7 Å². The first-order chi connectivity index (χ1) is 27.7. The molecule has 3 aliphatic rings. The number of benzene rings is 4. The van der Waals surface area contributed by atoms with Crippen molar-refractivity contribution in [1.82, 2.24) is 4.90 Å².